The highest BCUT2D eigenvalue weighted by molar-refractivity contribution is 5.85. The van der Waals surface area contributed by atoms with Crippen LogP contribution in [0, 0.1) is 12.7 Å². The van der Waals surface area contributed by atoms with Crippen molar-refractivity contribution in [3.63, 3.8) is 0 Å². The first-order valence-corrected chi connectivity index (χ1v) is 6.93. The highest BCUT2D eigenvalue weighted by Gasteiger charge is 2.22. The highest BCUT2D eigenvalue weighted by Crippen LogP contribution is 2.28. The Morgan fingerprint density at radius 3 is 2.45 bits per heavy atom. The van der Waals surface area contributed by atoms with Crippen molar-refractivity contribution in [1.82, 2.24) is 10.2 Å². The summed E-state index contributed by atoms with van der Waals surface area (Å²) < 4.78 is 13.2. The molecule has 1 atom stereocenters. The van der Waals surface area contributed by atoms with Crippen LogP contribution < -0.4 is 5.32 Å². The Kier molecular flexibility index (Phi) is 9.39. The lowest BCUT2D eigenvalue weighted by Gasteiger charge is -2.36. The number of aryl methyl sites for hydroxylation is 1. The molecule has 1 saturated heterocycles. The molecule has 0 saturated carbocycles. The summed E-state index contributed by atoms with van der Waals surface area (Å²) in [6.07, 6.45) is 2.30. The van der Waals surface area contributed by atoms with E-state index in [2.05, 4.69) is 17.1 Å². The van der Waals surface area contributed by atoms with Crippen molar-refractivity contribution in [2.45, 2.75) is 32.7 Å². The minimum Gasteiger partial charge on any atom is -0.314 e. The van der Waals surface area contributed by atoms with Crippen molar-refractivity contribution in [3.05, 3.63) is 35.1 Å². The predicted molar refractivity (Wildman–Crippen MR) is 87.7 cm³/mol. The molecule has 1 fully saturated rings. The summed E-state index contributed by atoms with van der Waals surface area (Å²) >= 11 is 0. The van der Waals surface area contributed by atoms with Crippen molar-refractivity contribution in [2.75, 3.05) is 26.2 Å². The Morgan fingerprint density at radius 2 is 1.90 bits per heavy atom. The summed E-state index contributed by atoms with van der Waals surface area (Å²) in [6.45, 7) is 8.52. The Labute approximate surface area is 133 Å². The molecule has 2 rings (SSSR count). The molecular weight excluding hydrogens is 298 g/mol. The van der Waals surface area contributed by atoms with Crippen LogP contribution in [0.5, 0.6) is 0 Å². The van der Waals surface area contributed by atoms with Gasteiger partial charge in [0.25, 0.3) is 0 Å². The fourth-order valence-corrected chi connectivity index (χ4v) is 2.82. The summed E-state index contributed by atoms with van der Waals surface area (Å²) in [5.74, 6) is -0.133. The van der Waals surface area contributed by atoms with E-state index in [4.69, 9.17) is 0 Å². The van der Waals surface area contributed by atoms with E-state index in [-0.39, 0.29) is 30.6 Å². The summed E-state index contributed by atoms with van der Waals surface area (Å²) in [5, 5.41) is 3.39. The number of halogens is 3. The van der Waals surface area contributed by atoms with Crippen LogP contribution in [0.2, 0.25) is 0 Å². The number of hydrogen-bond donors (Lipinski definition) is 1. The van der Waals surface area contributed by atoms with Crippen LogP contribution in [0.15, 0.2) is 18.2 Å². The maximum atomic E-state index is 13.2. The summed E-state index contributed by atoms with van der Waals surface area (Å²) in [5.41, 5.74) is 2.37. The number of nitrogens with zero attached hydrogens (tertiary/aromatic N) is 1. The monoisotopic (exact) mass is 322 g/mol. The molecule has 5 heteroatoms. The predicted octanol–water partition coefficient (Wildman–Crippen LogP) is 3.72. The van der Waals surface area contributed by atoms with Crippen molar-refractivity contribution < 1.29 is 4.39 Å². The van der Waals surface area contributed by atoms with E-state index in [9.17, 15) is 4.39 Å². The average molecular weight is 323 g/mol. The van der Waals surface area contributed by atoms with Gasteiger partial charge in [0.1, 0.15) is 5.82 Å². The van der Waals surface area contributed by atoms with E-state index < -0.39 is 0 Å². The molecule has 1 aliphatic heterocycles. The van der Waals surface area contributed by atoms with Gasteiger partial charge in [-0.1, -0.05) is 19.4 Å². The first-order valence-electron chi connectivity index (χ1n) is 6.93. The summed E-state index contributed by atoms with van der Waals surface area (Å²) in [6, 6.07) is 5.65. The number of piperazine rings is 1. The molecule has 2 nitrogen and oxygen atoms in total. The fourth-order valence-electron chi connectivity index (χ4n) is 2.82. The van der Waals surface area contributed by atoms with Crippen LogP contribution in [-0.4, -0.2) is 31.1 Å². The molecule has 1 aromatic carbocycles. The normalized spacial score (nSPS) is 16.9. The third-order valence-electron chi connectivity index (χ3n) is 3.75. The zero-order valence-electron chi connectivity index (χ0n) is 12.2. The molecule has 1 aromatic rings. The number of rotatable bonds is 4. The van der Waals surface area contributed by atoms with Gasteiger partial charge in [0.15, 0.2) is 0 Å². The minimum absolute atomic E-state index is 0. The van der Waals surface area contributed by atoms with Crippen LogP contribution in [0.1, 0.15) is 36.9 Å². The van der Waals surface area contributed by atoms with Gasteiger partial charge in [-0.25, -0.2) is 4.39 Å². The molecule has 0 radical (unpaired) electrons. The quantitative estimate of drug-likeness (QED) is 0.908. The lowest BCUT2D eigenvalue weighted by molar-refractivity contribution is 0.164. The van der Waals surface area contributed by atoms with Gasteiger partial charge in [-0.3, -0.25) is 4.90 Å². The summed E-state index contributed by atoms with van der Waals surface area (Å²) in [7, 11) is 0. The maximum Gasteiger partial charge on any atom is 0.123 e. The van der Waals surface area contributed by atoms with Gasteiger partial charge in [0.05, 0.1) is 0 Å². The van der Waals surface area contributed by atoms with Gasteiger partial charge in [-0.05, 0) is 36.6 Å². The van der Waals surface area contributed by atoms with E-state index in [0.29, 0.717) is 6.04 Å². The zero-order chi connectivity index (χ0) is 13.0. The Hall–Kier alpha value is -0.350. The minimum atomic E-state index is -0.133. The zero-order valence-corrected chi connectivity index (χ0v) is 13.8. The van der Waals surface area contributed by atoms with Crippen molar-refractivity contribution >= 4 is 24.8 Å². The largest absolute Gasteiger partial charge is 0.314 e. The lowest BCUT2D eigenvalue weighted by atomic mass is 9.95. The van der Waals surface area contributed by atoms with Gasteiger partial charge in [-0.2, -0.15) is 0 Å². The van der Waals surface area contributed by atoms with Crippen LogP contribution in [0.25, 0.3) is 0 Å². The topological polar surface area (TPSA) is 15.3 Å². The average Bonchev–Trinajstić information content (AvgIpc) is 2.38. The molecule has 0 spiro atoms. The van der Waals surface area contributed by atoms with Crippen LogP contribution >= 0.6 is 24.8 Å². The standard InChI is InChI=1S/C15H23FN2.2ClH/c1-3-4-15(18-9-7-17-8-10-18)14-6-5-13(16)11-12(14)2;;/h5-6,11,15,17H,3-4,7-10H2,1-2H3;2*1H/t15-;;/m1../s1. The van der Waals surface area contributed by atoms with Gasteiger partial charge in [-0.15, -0.1) is 24.8 Å². The Balaban J connectivity index is 0.00000180. The molecule has 0 aliphatic carbocycles. The fraction of sp³-hybridized carbons (Fsp3) is 0.600. The van der Waals surface area contributed by atoms with E-state index in [1.54, 1.807) is 12.1 Å². The smallest absolute Gasteiger partial charge is 0.123 e. The Bertz CT molecular complexity index is 395. The molecule has 0 aromatic heterocycles. The molecule has 116 valence electrons. The molecule has 1 heterocycles. The highest BCUT2D eigenvalue weighted by atomic mass is 35.5. The van der Waals surface area contributed by atoms with Crippen LogP contribution in [0.4, 0.5) is 4.39 Å². The van der Waals surface area contributed by atoms with Gasteiger partial charge >= 0.3 is 0 Å². The van der Waals surface area contributed by atoms with E-state index in [1.807, 2.05) is 13.0 Å². The molecule has 1 aliphatic rings. The van der Waals surface area contributed by atoms with Crippen LogP contribution in [-0.2, 0) is 0 Å². The van der Waals surface area contributed by atoms with E-state index in [1.165, 1.54) is 5.56 Å². The number of benzene rings is 1. The van der Waals surface area contributed by atoms with E-state index in [0.717, 1.165) is 44.6 Å². The molecule has 1 N–H and O–H groups in total. The maximum absolute atomic E-state index is 13.2. The lowest BCUT2D eigenvalue weighted by Crippen LogP contribution is -2.45. The Morgan fingerprint density at radius 1 is 1.25 bits per heavy atom. The second-order valence-electron chi connectivity index (χ2n) is 5.09. The SMILES string of the molecule is CCC[C@H](c1ccc(F)cc1C)N1CCNCC1.Cl.Cl. The van der Waals surface area contributed by atoms with Crippen molar-refractivity contribution in [3.8, 4) is 0 Å². The van der Waals surface area contributed by atoms with Gasteiger partial charge < -0.3 is 5.32 Å². The molecular formula is C15H25Cl2FN2. The first-order chi connectivity index (χ1) is 8.72. The van der Waals surface area contributed by atoms with Gasteiger partial charge in [0, 0.05) is 32.2 Å². The number of nitrogens with one attached hydrogen (secondary N) is 1. The third-order valence-corrected chi connectivity index (χ3v) is 3.75. The molecule has 20 heavy (non-hydrogen) atoms. The van der Waals surface area contributed by atoms with Crippen LogP contribution in [0.3, 0.4) is 0 Å². The van der Waals surface area contributed by atoms with Crippen molar-refractivity contribution in [1.29, 1.82) is 0 Å². The summed E-state index contributed by atoms with van der Waals surface area (Å²) in [4.78, 5) is 2.53. The third kappa shape index (κ3) is 4.88. The second kappa shape index (κ2) is 9.56. The molecule has 0 bridgehead atoms. The van der Waals surface area contributed by atoms with E-state index >= 15 is 0 Å². The number of hydrogen-bond acceptors (Lipinski definition) is 2. The molecule has 0 unspecified atom stereocenters. The van der Waals surface area contributed by atoms with Gasteiger partial charge in [0.2, 0.25) is 0 Å². The van der Waals surface area contributed by atoms with Crippen molar-refractivity contribution in [2.24, 2.45) is 0 Å². The molecule has 0 amide bonds. The first kappa shape index (κ1) is 19.7. The second-order valence-corrected chi connectivity index (χ2v) is 5.09.